The number of aromatic nitrogens is 2. The van der Waals surface area contributed by atoms with E-state index >= 15 is 0 Å². The van der Waals surface area contributed by atoms with Crippen LogP contribution in [0.4, 0.5) is 25.1 Å². The molecule has 45 heavy (non-hydrogen) atoms. The molecule has 1 saturated heterocycles. The number of ether oxygens (including phenoxy) is 2. The van der Waals surface area contributed by atoms with Gasteiger partial charge in [0.25, 0.3) is 5.91 Å². The summed E-state index contributed by atoms with van der Waals surface area (Å²) in [6.45, 7) is 8.01. The number of pyridine rings is 2. The molecule has 2 aromatic heterocycles. The van der Waals surface area contributed by atoms with Crippen LogP contribution in [0.25, 0.3) is 4.85 Å². The van der Waals surface area contributed by atoms with Gasteiger partial charge in [0.05, 0.1) is 12.1 Å². The average Bonchev–Trinajstić information content (AvgIpc) is 3.01. The van der Waals surface area contributed by atoms with Crippen molar-refractivity contribution in [3.05, 3.63) is 113 Å². The van der Waals surface area contributed by atoms with Gasteiger partial charge < -0.3 is 14.4 Å². The van der Waals surface area contributed by atoms with E-state index in [-0.39, 0.29) is 53.7 Å². The van der Waals surface area contributed by atoms with E-state index in [9.17, 15) is 29.0 Å². The SMILES string of the molecule is [C-]#[N+]c1ccc(OC2CCN(C(=O)c3ccc(C(=O)Cc4ccc(Oc5ccc(S(F)(F)(F)(F)F)cc5)nc4)nc3)CC2)cc1. The van der Waals surface area contributed by atoms with Gasteiger partial charge in [0, 0.05) is 50.8 Å². The fraction of sp³-hybridized carbons (Fsp3) is 0.194. The van der Waals surface area contributed by atoms with E-state index in [4.69, 9.17) is 16.0 Å². The van der Waals surface area contributed by atoms with Crippen LogP contribution < -0.4 is 9.47 Å². The predicted molar refractivity (Wildman–Crippen MR) is 157 cm³/mol. The second-order valence-corrected chi connectivity index (χ2v) is 12.7. The van der Waals surface area contributed by atoms with Gasteiger partial charge in [0.1, 0.15) is 28.2 Å². The van der Waals surface area contributed by atoms with Crippen LogP contribution in [0.5, 0.6) is 17.4 Å². The molecule has 0 N–H and O–H groups in total. The van der Waals surface area contributed by atoms with Crippen LogP contribution >= 0.6 is 10.2 Å². The Morgan fingerprint density at radius 2 is 1.51 bits per heavy atom. The summed E-state index contributed by atoms with van der Waals surface area (Å²) < 4.78 is 75.7. The van der Waals surface area contributed by atoms with Crippen molar-refractivity contribution in [2.45, 2.75) is 30.3 Å². The molecule has 0 atom stereocenters. The molecule has 8 nitrogen and oxygen atoms in total. The first-order chi connectivity index (χ1) is 21.2. The third-order valence-corrected chi connectivity index (χ3v) is 8.11. The highest BCUT2D eigenvalue weighted by molar-refractivity contribution is 8.45. The first kappa shape index (κ1) is 31.4. The maximum atomic E-state index is 13.0. The van der Waals surface area contributed by atoms with Crippen molar-refractivity contribution in [1.82, 2.24) is 14.9 Å². The van der Waals surface area contributed by atoms with Crippen LogP contribution in [0.15, 0.2) is 90.1 Å². The Morgan fingerprint density at radius 1 is 0.844 bits per heavy atom. The number of hydrogen-bond acceptors (Lipinski definition) is 6. The Hall–Kier alpha value is -5.03. The summed E-state index contributed by atoms with van der Waals surface area (Å²) in [5, 5.41) is 0. The van der Waals surface area contributed by atoms with Gasteiger partial charge in [0.15, 0.2) is 11.5 Å². The van der Waals surface area contributed by atoms with Crippen LogP contribution in [-0.2, 0) is 6.42 Å². The van der Waals surface area contributed by atoms with E-state index in [2.05, 4.69) is 14.8 Å². The molecule has 234 valence electrons. The lowest BCUT2D eigenvalue weighted by Crippen LogP contribution is -2.41. The molecular weight excluding hydrogens is 619 g/mol. The minimum absolute atomic E-state index is 0.0156. The van der Waals surface area contributed by atoms with Crippen molar-refractivity contribution in [3.8, 4) is 17.4 Å². The van der Waals surface area contributed by atoms with E-state index in [1.54, 1.807) is 35.2 Å². The smallest absolute Gasteiger partial charge is 0.310 e. The van der Waals surface area contributed by atoms with E-state index in [0.29, 0.717) is 48.5 Å². The lowest BCUT2D eigenvalue weighted by molar-refractivity contribution is 0.0594. The number of halogens is 5. The second-order valence-electron chi connectivity index (χ2n) is 10.3. The molecule has 0 saturated carbocycles. The Morgan fingerprint density at radius 3 is 2.07 bits per heavy atom. The number of nitrogens with zero attached hydrogens (tertiary/aromatic N) is 4. The molecule has 0 unspecified atom stereocenters. The van der Waals surface area contributed by atoms with Crippen LogP contribution in [0.3, 0.4) is 0 Å². The molecule has 0 radical (unpaired) electrons. The Bertz CT molecular complexity index is 1740. The van der Waals surface area contributed by atoms with Crippen LogP contribution in [0.1, 0.15) is 39.3 Å². The lowest BCUT2D eigenvalue weighted by Gasteiger charge is -2.40. The maximum Gasteiger partial charge on any atom is 0.310 e. The molecule has 14 heteroatoms. The van der Waals surface area contributed by atoms with Gasteiger partial charge in [-0.25, -0.2) is 9.83 Å². The molecular formula is C31H25F5N4O4S. The molecule has 5 rings (SSSR count). The highest BCUT2D eigenvalue weighted by Crippen LogP contribution is 3.02. The number of hydrogen-bond donors (Lipinski definition) is 0. The molecule has 1 amide bonds. The number of carbonyl (C=O) groups excluding carboxylic acids is 2. The molecule has 1 aliphatic heterocycles. The minimum Gasteiger partial charge on any atom is -0.490 e. The van der Waals surface area contributed by atoms with Crippen molar-refractivity contribution in [2.75, 3.05) is 13.1 Å². The maximum absolute atomic E-state index is 13.0. The third kappa shape index (κ3) is 8.12. The van der Waals surface area contributed by atoms with Gasteiger partial charge in [-0.2, -0.15) is 0 Å². The van der Waals surface area contributed by atoms with E-state index in [0.717, 1.165) is 12.1 Å². The monoisotopic (exact) mass is 644 g/mol. The summed E-state index contributed by atoms with van der Waals surface area (Å²) in [6, 6.07) is 14.8. The molecule has 0 spiro atoms. The number of amides is 1. The zero-order chi connectivity index (χ0) is 32.3. The second kappa shape index (κ2) is 11.5. The summed E-state index contributed by atoms with van der Waals surface area (Å²) >= 11 is 0. The standard InChI is InChI=1S/C31H25F5N4O4S/c1-37-23-4-6-24(7-5-23)43-26-14-16-40(17-15-26)31(42)22-3-12-28(38-20-22)29(41)18-21-2-13-30(39-19-21)44-25-8-10-27(11-9-25)45(32,33,34,35)36/h2-13,19-20,26H,14-18H2. The van der Waals surface area contributed by atoms with Gasteiger partial charge in [-0.1, -0.05) is 37.6 Å². The summed E-state index contributed by atoms with van der Waals surface area (Å²) in [5.74, 6) is -0.00855. The molecule has 3 heterocycles. The Labute approximate surface area is 255 Å². The van der Waals surface area contributed by atoms with E-state index in [1.165, 1.54) is 30.6 Å². The van der Waals surface area contributed by atoms with E-state index in [1.807, 2.05) is 0 Å². The number of carbonyl (C=O) groups is 2. The van der Waals surface area contributed by atoms with Gasteiger partial charge in [-0.15, -0.1) is 0 Å². The van der Waals surface area contributed by atoms with Gasteiger partial charge in [-0.05, 0) is 54.1 Å². The summed E-state index contributed by atoms with van der Waals surface area (Å²) in [7, 11) is -9.78. The molecule has 0 bridgehead atoms. The largest absolute Gasteiger partial charge is 0.490 e. The van der Waals surface area contributed by atoms with Crippen molar-refractivity contribution in [2.24, 2.45) is 0 Å². The first-order valence-corrected chi connectivity index (χ1v) is 15.5. The Kier molecular flexibility index (Phi) is 8.01. The van der Waals surface area contributed by atoms with Gasteiger partial charge in [0.2, 0.25) is 5.88 Å². The summed E-state index contributed by atoms with van der Waals surface area (Å²) in [5.41, 5.74) is 1.52. The quantitative estimate of drug-likeness (QED) is 0.103. The average molecular weight is 645 g/mol. The van der Waals surface area contributed by atoms with Crippen molar-refractivity contribution >= 4 is 27.6 Å². The summed E-state index contributed by atoms with van der Waals surface area (Å²) in [4.78, 5) is 37.0. The van der Waals surface area contributed by atoms with Gasteiger partial charge in [-0.3, -0.25) is 14.6 Å². The first-order valence-electron chi connectivity index (χ1n) is 13.6. The van der Waals surface area contributed by atoms with Crippen molar-refractivity contribution < 1.29 is 38.5 Å². The number of ketones is 1. The number of likely N-dealkylation sites (tertiary alicyclic amines) is 1. The summed E-state index contributed by atoms with van der Waals surface area (Å²) in [6.07, 6.45) is 3.85. The van der Waals surface area contributed by atoms with Crippen LogP contribution in [-0.4, -0.2) is 45.8 Å². The molecule has 0 aliphatic carbocycles. The molecule has 1 fully saturated rings. The predicted octanol–water partition coefficient (Wildman–Crippen LogP) is 8.59. The minimum atomic E-state index is -9.78. The highest BCUT2D eigenvalue weighted by Gasteiger charge is 2.65. The molecule has 2 aromatic carbocycles. The fourth-order valence-electron chi connectivity index (χ4n) is 4.57. The lowest BCUT2D eigenvalue weighted by atomic mass is 10.1. The van der Waals surface area contributed by atoms with Crippen LogP contribution in [0, 0.1) is 6.57 Å². The number of rotatable bonds is 9. The zero-order valence-corrected chi connectivity index (χ0v) is 24.2. The van der Waals surface area contributed by atoms with Crippen LogP contribution in [0.2, 0.25) is 0 Å². The number of benzene rings is 2. The van der Waals surface area contributed by atoms with Crippen molar-refractivity contribution in [1.29, 1.82) is 0 Å². The zero-order valence-electron chi connectivity index (χ0n) is 23.4. The number of piperidine rings is 1. The van der Waals surface area contributed by atoms with Crippen molar-refractivity contribution in [3.63, 3.8) is 0 Å². The molecule has 1 aliphatic rings. The normalized spacial score (nSPS) is 15.3. The topological polar surface area (TPSA) is 86.0 Å². The Balaban J connectivity index is 1.11. The van der Waals surface area contributed by atoms with Gasteiger partial charge >= 0.3 is 10.2 Å². The van der Waals surface area contributed by atoms with E-state index < -0.39 is 15.1 Å². The number of Topliss-reactive ketones (excluding diaryl/α,β-unsaturated/α-hetero) is 1. The molecule has 4 aromatic rings. The highest BCUT2D eigenvalue weighted by atomic mass is 32.5. The third-order valence-electron chi connectivity index (χ3n) is 6.95. The fourth-order valence-corrected chi connectivity index (χ4v) is 5.22.